The highest BCUT2D eigenvalue weighted by molar-refractivity contribution is 6.33. The van der Waals surface area contributed by atoms with Crippen LogP contribution in [0.5, 0.6) is 0 Å². The molecule has 0 saturated carbocycles. The van der Waals surface area contributed by atoms with Crippen LogP contribution < -0.4 is 10.6 Å². The number of pyridine rings is 1. The average molecular weight is 477 g/mol. The largest absolute Gasteiger partial charge is 0.453 e. The number of anilines is 2. The van der Waals surface area contributed by atoms with Gasteiger partial charge >= 0.3 is 12.1 Å². The van der Waals surface area contributed by atoms with Gasteiger partial charge in [-0.15, -0.1) is 0 Å². The molecule has 10 heteroatoms. The second-order valence-electron chi connectivity index (χ2n) is 7.84. The van der Waals surface area contributed by atoms with Gasteiger partial charge < -0.3 is 19.9 Å². The molecule has 0 atom stereocenters. The molecular weight excluding hydrogens is 456 g/mol. The summed E-state index contributed by atoms with van der Waals surface area (Å²) in [6.07, 6.45) is 2.24. The number of carbonyl (C=O) groups excluding carboxylic acids is 2. The van der Waals surface area contributed by atoms with Crippen LogP contribution in [0.1, 0.15) is 6.42 Å². The zero-order chi connectivity index (χ0) is 23.7. The molecule has 0 aliphatic carbocycles. The summed E-state index contributed by atoms with van der Waals surface area (Å²) < 4.78 is 4.61. The standard InChI is InChI=1S/C24H21ClN6O3/c1-34-24(33)28-16-5-3-14(4-6-16)15-11-20-22(26-13-15)30-21(29-20)18-12-17(7-8-19(18)25)27-23(32)31-9-2-10-31/h3-8,11-13H,2,9-10H2,1H3,(H,27,32)(H,28,33)(H,26,29,30). The lowest BCUT2D eigenvalue weighted by molar-refractivity contribution is 0.181. The molecule has 3 amide bonds. The summed E-state index contributed by atoms with van der Waals surface area (Å²) in [5.41, 5.74) is 5.05. The number of nitrogens with zero attached hydrogens (tertiary/aromatic N) is 3. The fraction of sp³-hybridized carbons (Fsp3) is 0.167. The van der Waals surface area contributed by atoms with Crippen molar-refractivity contribution in [1.82, 2.24) is 19.9 Å². The van der Waals surface area contributed by atoms with Crippen molar-refractivity contribution < 1.29 is 14.3 Å². The van der Waals surface area contributed by atoms with Crippen molar-refractivity contribution in [2.24, 2.45) is 0 Å². The van der Waals surface area contributed by atoms with Gasteiger partial charge in [0.1, 0.15) is 5.82 Å². The molecule has 1 fully saturated rings. The summed E-state index contributed by atoms with van der Waals surface area (Å²) >= 11 is 6.44. The topological polar surface area (TPSA) is 112 Å². The van der Waals surface area contributed by atoms with Gasteiger partial charge in [0.25, 0.3) is 0 Å². The highest BCUT2D eigenvalue weighted by atomic mass is 35.5. The number of aromatic amines is 1. The second kappa shape index (κ2) is 9.03. The van der Waals surface area contributed by atoms with Crippen molar-refractivity contribution in [3.05, 3.63) is 59.8 Å². The number of hydrogen-bond donors (Lipinski definition) is 3. The van der Waals surface area contributed by atoms with Crippen molar-refractivity contribution in [3.63, 3.8) is 0 Å². The Kier molecular flexibility index (Phi) is 5.77. The lowest BCUT2D eigenvalue weighted by Gasteiger charge is -2.30. The number of amides is 3. The van der Waals surface area contributed by atoms with Crippen molar-refractivity contribution in [2.45, 2.75) is 6.42 Å². The van der Waals surface area contributed by atoms with Crippen molar-refractivity contribution in [2.75, 3.05) is 30.8 Å². The van der Waals surface area contributed by atoms with Gasteiger partial charge in [-0.05, 0) is 48.4 Å². The van der Waals surface area contributed by atoms with E-state index in [0.29, 0.717) is 33.4 Å². The van der Waals surface area contributed by atoms with Crippen LogP contribution in [0, 0.1) is 0 Å². The number of likely N-dealkylation sites (tertiary alicyclic amines) is 1. The van der Waals surface area contributed by atoms with Gasteiger partial charge in [0.05, 0.1) is 17.6 Å². The molecule has 1 saturated heterocycles. The van der Waals surface area contributed by atoms with Crippen LogP contribution in [0.3, 0.4) is 0 Å². The van der Waals surface area contributed by atoms with E-state index in [2.05, 4.69) is 30.3 Å². The van der Waals surface area contributed by atoms with Gasteiger partial charge in [0, 0.05) is 41.8 Å². The molecule has 4 aromatic rings. The fourth-order valence-corrected chi connectivity index (χ4v) is 3.81. The number of methoxy groups -OCH3 is 1. The monoisotopic (exact) mass is 476 g/mol. The smallest absolute Gasteiger partial charge is 0.411 e. The first-order chi connectivity index (χ1) is 16.5. The predicted octanol–water partition coefficient (Wildman–Crippen LogP) is 5.36. The maximum absolute atomic E-state index is 12.3. The Bertz CT molecular complexity index is 1380. The molecule has 9 nitrogen and oxygen atoms in total. The number of fused-ring (bicyclic) bond motifs is 1. The molecule has 1 aliphatic heterocycles. The highest BCUT2D eigenvalue weighted by Crippen LogP contribution is 2.31. The summed E-state index contributed by atoms with van der Waals surface area (Å²) in [4.78, 5) is 37.7. The van der Waals surface area contributed by atoms with E-state index in [1.54, 1.807) is 41.4 Å². The number of ether oxygens (including phenoxy) is 1. The normalized spacial score (nSPS) is 12.8. The molecule has 0 bridgehead atoms. The highest BCUT2D eigenvalue weighted by Gasteiger charge is 2.20. The number of imidazole rings is 1. The minimum Gasteiger partial charge on any atom is -0.453 e. The third kappa shape index (κ3) is 4.38. The number of carbonyl (C=O) groups is 2. The average Bonchev–Trinajstić information content (AvgIpc) is 3.22. The Labute approximate surface area is 200 Å². The third-order valence-electron chi connectivity index (χ3n) is 5.60. The first-order valence-electron chi connectivity index (χ1n) is 10.7. The maximum Gasteiger partial charge on any atom is 0.411 e. The van der Waals surface area contributed by atoms with E-state index in [-0.39, 0.29) is 6.03 Å². The SMILES string of the molecule is COC(=O)Nc1ccc(-c2cnc3nc(-c4cc(NC(=O)N5CCC5)ccc4Cl)[nH]c3c2)cc1. The zero-order valence-electron chi connectivity index (χ0n) is 18.3. The summed E-state index contributed by atoms with van der Waals surface area (Å²) in [6, 6.07) is 14.5. The molecule has 1 aliphatic rings. The summed E-state index contributed by atoms with van der Waals surface area (Å²) in [7, 11) is 1.32. The van der Waals surface area contributed by atoms with Gasteiger partial charge in [-0.3, -0.25) is 5.32 Å². The first kappa shape index (κ1) is 21.7. The Morgan fingerprint density at radius 1 is 1.03 bits per heavy atom. The van der Waals surface area contributed by atoms with Gasteiger partial charge in [0.15, 0.2) is 5.65 Å². The van der Waals surface area contributed by atoms with Crippen LogP contribution in [-0.4, -0.2) is 52.2 Å². The number of rotatable bonds is 4. The van der Waals surface area contributed by atoms with Gasteiger partial charge in [-0.2, -0.15) is 0 Å². The lowest BCUT2D eigenvalue weighted by atomic mass is 10.1. The van der Waals surface area contributed by atoms with E-state index in [0.717, 1.165) is 36.2 Å². The summed E-state index contributed by atoms with van der Waals surface area (Å²) in [5, 5.41) is 6.03. The Balaban J connectivity index is 1.40. The van der Waals surface area contributed by atoms with Crippen LogP contribution in [0.15, 0.2) is 54.7 Å². The molecule has 0 radical (unpaired) electrons. The van der Waals surface area contributed by atoms with E-state index >= 15 is 0 Å². The molecule has 0 unspecified atom stereocenters. The molecule has 3 N–H and O–H groups in total. The Morgan fingerprint density at radius 3 is 2.50 bits per heavy atom. The molecule has 172 valence electrons. The molecule has 5 rings (SSSR count). The lowest BCUT2D eigenvalue weighted by Crippen LogP contribution is -2.44. The maximum atomic E-state index is 12.3. The van der Waals surface area contributed by atoms with Gasteiger partial charge in [-0.25, -0.2) is 19.6 Å². The van der Waals surface area contributed by atoms with Crippen LogP contribution in [-0.2, 0) is 4.74 Å². The van der Waals surface area contributed by atoms with Gasteiger partial charge in [0.2, 0.25) is 0 Å². The first-order valence-corrected chi connectivity index (χ1v) is 11.0. The van der Waals surface area contributed by atoms with E-state index in [9.17, 15) is 9.59 Å². The molecule has 2 aromatic carbocycles. The van der Waals surface area contributed by atoms with E-state index < -0.39 is 6.09 Å². The fourth-order valence-electron chi connectivity index (χ4n) is 3.61. The number of H-pyrrole nitrogens is 1. The third-order valence-corrected chi connectivity index (χ3v) is 5.93. The van der Waals surface area contributed by atoms with E-state index in [1.165, 1.54) is 7.11 Å². The van der Waals surface area contributed by atoms with E-state index in [1.807, 2.05) is 18.2 Å². The minimum absolute atomic E-state index is 0.122. The number of benzene rings is 2. The molecule has 3 heterocycles. The minimum atomic E-state index is -0.524. The van der Waals surface area contributed by atoms with Crippen LogP contribution >= 0.6 is 11.6 Å². The van der Waals surface area contributed by atoms with E-state index in [4.69, 9.17) is 11.6 Å². The molecular formula is C24H21ClN6O3. The Morgan fingerprint density at radius 2 is 1.79 bits per heavy atom. The molecule has 2 aromatic heterocycles. The quantitative estimate of drug-likeness (QED) is 0.367. The van der Waals surface area contributed by atoms with Crippen LogP contribution in [0.25, 0.3) is 33.7 Å². The van der Waals surface area contributed by atoms with Crippen LogP contribution in [0.4, 0.5) is 21.0 Å². The number of aromatic nitrogens is 3. The number of urea groups is 1. The zero-order valence-corrected chi connectivity index (χ0v) is 19.0. The number of halogens is 1. The Hall–Kier alpha value is -4.11. The molecule has 34 heavy (non-hydrogen) atoms. The second-order valence-corrected chi connectivity index (χ2v) is 8.25. The summed E-state index contributed by atoms with van der Waals surface area (Å²) in [6.45, 7) is 1.54. The molecule has 0 spiro atoms. The van der Waals surface area contributed by atoms with Crippen molar-refractivity contribution in [1.29, 1.82) is 0 Å². The predicted molar refractivity (Wildman–Crippen MR) is 131 cm³/mol. The van der Waals surface area contributed by atoms with Crippen molar-refractivity contribution >= 4 is 46.3 Å². The number of nitrogens with one attached hydrogen (secondary N) is 3. The van der Waals surface area contributed by atoms with Crippen LogP contribution in [0.2, 0.25) is 5.02 Å². The van der Waals surface area contributed by atoms with Crippen molar-refractivity contribution in [3.8, 4) is 22.5 Å². The number of hydrogen-bond acceptors (Lipinski definition) is 5. The summed E-state index contributed by atoms with van der Waals surface area (Å²) in [5.74, 6) is 0.558. The van der Waals surface area contributed by atoms with Gasteiger partial charge in [-0.1, -0.05) is 23.7 Å².